The molecule has 0 radical (unpaired) electrons. The number of hydrogen-bond donors (Lipinski definition) is 1. The number of rotatable bonds is 3. The van der Waals surface area contributed by atoms with Crippen LogP contribution in [0.25, 0.3) is 0 Å². The van der Waals surface area contributed by atoms with E-state index in [-0.39, 0.29) is 17.4 Å². The van der Waals surface area contributed by atoms with Crippen molar-refractivity contribution in [3.05, 3.63) is 41.4 Å². The Morgan fingerprint density at radius 3 is 2.65 bits per heavy atom. The molecule has 7 nitrogen and oxygen atoms in total. The Morgan fingerprint density at radius 2 is 2.00 bits per heavy atom. The van der Waals surface area contributed by atoms with E-state index in [0.29, 0.717) is 12.5 Å². The van der Waals surface area contributed by atoms with E-state index in [0.717, 1.165) is 24.1 Å². The SMILES string of the molecule is CC(C)(C)OC(=O)N1CCCC1c1ccc(Nc2ncnc(Cl)n2)cc1. The van der Waals surface area contributed by atoms with Crippen molar-refractivity contribution in [2.45, 2.75) is 45.3 Å². The predicted octanol–water partition coefficient (Wildman–Crippen LogP) is 4.34. The number of carbonyl (C=O) groups excluding carboxylic acids is 1. The van der Waals surface area contributed by atoms with Crippen LogP contribution in [0.3, 0.4) is 0 Å². The van der Waals surface area contributed by atoms with Gasteiger partial charge >= 0.3 is 6.09 Å². The lowest BCUT2D eigenvalue weighted by Crippen LogP contribution is -2.36. The van der Waals surface area contributed by atoms with Crippen molar-refractivity contribution in [2.24, 2.45) is 0 Å². The Kier molecular flexibility index (Phi) is 5.27. The molecule has 1 fully saturated rings. The van der Waals surface area contributed by atoms with Gasteiger partial charge in [-0.3, -0.25) is 0 Å². The van der Waals surface area contributed by atoms with Crippen molar-refractivity contribution >= 4 is 29.3 Å². The van der Waals surface area contributed by atoms with Gasteiger partial charge in [-0.25, -0.2) is 14.8 Å². The Bertz CT molecular complexity index is 776. The van der Waals surface area contributed by atoms with Gasteiger partial charge in [-0.15, -0.1) is 0 Å². The van der Waals surface area contributed by atoms with Crippen LogP contribution in [0.4, 0.5) is 16.4 Å². The normalized spacial score (nSPS) is 17.2. The number of hydrogen-bond acceptors (Lipinski definition) is 6. The van der Waals surface area contributed by atoms with Crippen molar-refractivity contribution in [1.82, 2.24) is 19.9 Å². The molecule has 8 heteroatoms. The molecular weight excluding hydrogens is 354 g/mol. The zero-order valence-electron chi connectivity index (χ0n) is 15.1. The summed E-state index contributed by atoms with van der Waals surface area (Å²) >= 11 is 5.76. The number of anilines is 2. The predicted molar refractivity (Wildman–Crippen MR) is 99.5 cm³/mol. The number of amides is 1. The van der Waals surface area contributed by atoms with Crippen molar-refractivity contribution in [2.75, 3.05) is 11.9 Å². The Balaban J connectivity index is 1.70. The summed E-state index contributed by atoms with van der Waals surface area (Å²) in [5, 5.41) is 3.21. The lowest BCUT2D eigenvalue weighted by Gasteiger charge is -2.29. The first kappa shape index (κ1) is 18.4. The summed E-state index contributed by atoms with van der Waals surface area (Å²) in [7, 11) is 0. The summed E-state index contributed by atoms with van der Waals surface area (Å²) in [6.07, 6.45) is 2.98. The molecule has 1 saturated heterocycles. The van der Waals surface area contributed by atoms with E-state index in [1.165, 1.54) is 6.33 Å². The van der Waals surface area contributed by atoms with Gasteiger partial charge in [0.25, 0.3) is 0 Å². The molecule has 1 amide bonds. The third-order valence-corrected chi connectivity index (χ3v) is 4.16. The Hall–Kier alpha value is -2.41. The van der Waals surface area contributed by atoms with Gasteiger partial charge in [0.05, 0.1) is 6.04 Å². The average molecular weight is 376 g/mol. The maximum absolute atomic E-state index is 12.4. The molecule has 0 bridgehead atoms. The zero-order valence-corrected chi connectivity index (χ0v) is 15.8. The smallest absolute Gasteiger partial charge is 0.410 e. The number of aromatic nitrogens is 3. The largest absolute Gasteiger partial charge is 0.444 e. The standard InChI is InChI=1S/C18H22ClN5O2/c1-18(2,3)26-17(25)24-10-4-5-14(24)12-6-8-13(9-7-12)22-16-21-11-20-15(19)23-16/h6-9,11,14H,4-5,10H2,1-3H3,(H,20,21,22,23). The lowest BCUT2D eigenvalue weighted by atomic mass is 10.0. The van der Waals surface area contributed by atoms with E-state index >= 15 is 0 Å². The molecule has 2 aromatic rings. The Labute approximate surface area is 157 Å². The molecular formula is C18H22ClN5O2. The molecule has 138 valence electrons. The molecule has 26 heavy (non-hydrogen) atoms. The first-order chi connectivity index (χ1) is 12.3. The van der Waals surface area contributed by atoms with Gasteiger partial charge in [0.1, 0.15) is 11.9 Å². The van der Waals surface area contributed by atoms with Crippen LogP contribution in [0, 0.1) is 0 Å². The molecule has 3 rings (SSSR count). The van der Waals surface area contributed by atoms with Crippen LogP contribution in [-0.4, -0.2) is 38.1 Å². The van der Waals surface area contributed by atoms with Crippen molar-refractivity contribution in [1.29, 1.82) is 0 Å². The van der Waals surface area contributed by atoms with Gasteiger partial charge < -0.3 is 15.0 Å². The van der Waals surface area contributed by atoms with E-state index in [2.05, 4.69) is 20.3 Å². The molecule has 1 aromatic carbocycles. The fraction of sp³-hybridized carbons (Fsp3) is 0.444. The highest BCUT2D eigenvalue weighted by Gasteiger charge is 2.33. The Morgan fingerprint density at radius 1 is 1.27 bits per heavy atom. The monoisotopic (exact) mass is 375 g/mol. The fourth-order valence-corrected chi connectivity index (χ4v) is 3.03. The number of nitrogens with one attached hydrogen (secondary N) is 1. The second-order valence-electron chi connectivity index (χ2n) is 7.16. The van der Waals surface area contributed by atoms with Crippen LogP contribution in [-0.2, 0) is 4.74 Å². The van der Waals surface area contributed by atoms with Crippen LogP contribution >= 0.6 is 11.6 Å². The summed E-state index contributed by atoms with van der Waals surface area (Å²) in [6.45, 7) is 6.35. The van der Waals surface area contributed by atoms with Crippen molar-refractivity contribution in [3.8, 4) is 0 Å². The van der Waals surface area contributed by atoms with Gasteiger partial charge in [-0.05, 0) is 62.9 Å². The van der Waals surface area contributed by atoms with Crippen LogP contribution in [0.5, 0.6) is 0 Å². The van der Waals surface area contributed by atoms with Gasteiger partial charge in [0.15, 0.2) is 0 Å². The molecule has 0 aliphatic carbocycles. The molecule has 1 aliphatic rings. The maximum Gasteiger partial charge on any atom is 0.410 e. The highest BCUT2D eigenvalue weighted by atomic mass is 35.5. The molecule has 0 spiro atoms. The molecule has 1 atom stereocenters. The van der Waals surface area contributed by atoms with Crippen molar-refractivity contribution in [3.63, 3.8) is 0 Å². The third-order valence-electron chi connectivity index (χ3n) is 3.97. The summed E-state index contributed by atoms with van der Waals surface area (Å²) in [5.41, 5.74) is 1.41. The quantitative estimate of drug-likeness (QED) is 0.859. The van der Waals surface area contributed by atoms with E-state index in [4.69, 9.17) is 16.3 Å². The highest BCUT2D eigenvalue weighted by molar-refractivity contribution is 6.28. The summed E-state index contributed by atoms with van der Waals surface area (Å²) in [5.74, 6) is 0.383. The van der Waals surface area contributed by atoms with Gasteiger partial charge in [0, 0.05) is 12.2 Å². The molecule has 1 aromatic heterocycles. The van der Waals surface area contributed by atoms with Crippen molar-refractivity contribution < 1.29 is 9.53 Å². The van der Waals surface area contributed by atoms with Gasteiger partial charge in [-0.2, -0.15) is 4.98 Å². The van der Waals surface area contributed by atoms with Gasteiger partial charge in [0.2, 0.25) is 11.2 Å². The highest BCUT2D eigenvalue weighted by Crippen LogP contribution is 2.33. The molecule has 1 N–H and O–H groups in total. The second kappa shape index (κ2) is 7.45. The number of nitrogens with zero attached hydrogens (tertiary/aromatic N) is 4. The number of ether oxygens (including phenoxy) is 1. The minimum absolute atomic E-state index is 0.0329. The maximum atomic E-state index is 12.4. The number of carbonyl (C=O) groups is 1. The second-order valence-corrected chi connectivity index (χ2v) is 7.49. The number of likely N-dealkylation sites (tertiary alicyclic amines) is 1. The van der Waals surface area contributed by atoms with Crippen LogP contribution in [0.1, 0.15) is 45.2 Å². The van der Waals surface area contributed by atoms with Crippen LogP contribution in [0.2, 0.25) is 5.28 Å². The number of benzene rings is 1. The summed E-state index contributed by atoms with van der Waals surface area (Å²) < 4.78 is 5.53. The van der Waals surface area contributed by atoms with E-state index in [9.17, 15) is 4.79 Å². The van der Waals surface area contributed by atoms with E-state index in [1.807, 2.05) is 45.0 Å². The molecule has 1 unspecified atom stereocenters. The minimum Gasteiger partial charge on any atom is -0.444 e. The first-order valence-electron chi connectivity index (χ1n) is 8.53. The van der Waals surface area contributed by atoms with Gasteiger partial charge in [-0.1, -0.05) is 12.1 Å². The molecule has 1 aliphatic heterocycles. The van der Waals surface area contributed by atoms with E-state index < -0.39 is 5.60 Å². The topological polar surface area (TPSA) is 80.2 Å². The number of halogens is 1. The van der Waals surface area contributed by atoms with Crippen LogP contribution in [0.15, 0.2) is 30.6 Å². The minimum atomic E-state index is -0.496. The fourth-order valence-electron chi connectivity index (χ4n) is 2.91. The third kappa shape index (κ3) is 4.60. The van der Waals surface area contributed by atoms with Crippen LogP contribution < -0.4 is 5.32 Å². The van der Waals surface area contributed by atoms with E-state index in [1.54, 1.807) is 4.90 Å². The summed E-state index contributed by atoms with van der Waals surface area (Å²) in [6, 6.07) is 7.89. The molecule has 0 saturated carbocycles. The summed E-state index contributed by atoms with van der Waals surface area (Å²) in [4.78, 5) is 26.0. The first-order valence-corrected chi connectivity index (χ1v) is 8.91. The molecule has 2 heterocycles. The zero-order chi connectivity index (χ0) is 18.7. The lowest BCUT2D eigenvalue weighted by molar-refractivity contribution is 0.0224. The average Bonchev–Trinajstić information content (AvgIpc) is 3.04.